The molecule has 1 nitrogen and oxygen atoms in total. The van der Waals surface area contributed by atoms with Gasteiger partial charge in [-0.05, 0) is 18.1 Å². The lowest BCUT2D eigenvalue weighted by Gasteiger charge is -2.02. The van der Waals surface area contributed by atoms with Crippen molar-refractivity contribution in [2.24, 2.45) is 0 Å². The van der Waals surface area contributed by atoms with E-state index in [2.05, 4.69) is 36.2 Å². The summed E-state index contributed by atoms with van der Waals surface area (Å²) in [6.45, 7) is 2.20. The number of pyridine rings is 1. The molecule has 0 aliphatic heterocycles. The topological polar surface area (TPSA) is 12.9 Å². The molecular weight excluding hydrogens is 158 g/mol. The molecule has 0 unspecified atom stereocenters. The predicted octanol–water partition coefficient (Wildman–Crippen LogP) is 3.19. The highest BCUT2D eigenvalue weighted by Crippen LogP contribution is 2.16. The zero-order valence-corrected chi connectivity index (χ0v) is 7.83. The first-order valence-electron chi connectivity index (χ1n) is 4.74. The van der Waals surface area contributed by atoms with Crippen molar-refractivity contribution in [3.63, 3.8) is 0 Å². The van der Waals surface area contributed by atoms with Crippen LogP contribution in [0.3, 0.4) is 0 Å². The molecule has 2 aromatic rings. The summed E-state index contributed by atoms with van der Waals surface area (Å²) in [5.74, 6) is 0. The lowest BCUT2D eigenvalue weighted by molar-refractivity contribution is 0.926. The van der Waals surface area contributed by atoms with Crippen LogP contribution in [0.1, 0.15) is 18.9 Å². The Balaban J connectivity index is 2.61. The van der Waals surface area contributed by atoms with E-state index >= 15 is 0 Å². The molecule has 0 radical (unpaired) electrons. The zero-order valence-electron chi connectivity index (χ0n) is 7.83. The minimum absolute atomic E-state index is 1.12. The van der Waals surface area contributed by atoms with Crippen LogP contribution < -0.4 is 0 Å². The highest BCUT2D eigenvalue weighted by Gasteiger charge is 1.98. The molecule has 0 N–H and O–H groups in total. The maximum Gasteiger partial charge on any atom is 0.0733 e. The van der Waals surface area contributed by atoms with Crippen molar-refractivity contribution in [2.75, 3.05) is 0 Å². The van der Waals surface area contributed by atoms with Crippen LogP contribution in [0.5, 0.6) is 0 Å². The van der Waals surface area contributed by atoms with Gasteiger partial charge >= 0.3 is 0 Å². The summed E-state index contributed by atoms with van der Waals surface area (Å²) < 4.78 is 0. The third-order valence-electron chi connectivity index (χ3n) is 2.24. The Hall–Kier alpha value is -1.37. The van der Waals surface area contributed by atoms with Gasteiger partial charge in [-0.15, -0.1) is 0 Å². The third-order valence-corrected chi connectivity index (χ3v) is 2.24. The number of rotatable bonds is 2. The minimum Gasteiger partial charge on any atom is -0.256 e. The standard InChI is InChI=1S/C12H13N/c1-2-5-10-6-3-7-11-8-4-9-13-12(10)11/h3-4,6-9H,2,5H2,1H3. The Morgan fingerprint density at radius 3 is 2.85 bits per heavy atom. The summed E-state index contributed by atoms with van der Waals surface area (Å²) in [5.41, 5.74) is 2.52. The number of hydrogen-bond acceptors (Lipinski definition) is 1. The molecule has 13 heavy (non-hydrogen) atoms. The first-order valence-corrected chi connectivity index (χ1v) is 4.74. The molecule has 0 amide bonds. The SMILES string of the molecule is CCCc1cccc2cccnc12. The fourth-order valence-electron chi connectivity index (χ4n) is 1.64. The summed E-state index contributed by atoms with van der Waals surface area (Å²) in [7, 11) is 0. The smallest absolute Gasteiger partial charge is 0.0733 e. The van der Waals surface area contributed by atoms with Crippen LogP contribution in [0, 0.1) is 0 Å². The van der Waals surface area contributed by atoms with E-state index in [-0.39, 0.29) is 0 Å². The van der Waals surface area contributed by atoms with Crippen molar-refractivity contribution < 1.29 is 0 Å². The molecule has 1 heteroatoms. The minimum atomic E-state index is 1.12. The maximum atomic E-state index is 4.40. The Labute approximate surface area is 78.4 Å². The molecular formula is C12H13N. The lowest BCUT2D eigenvalue weighted by Crippen LogP contribution is -1.87. The van der Waals surface area contributed by atoms with Gasteiger partial charge in [-0.1, -0.05) is 37.6 Å². The van der Waals surface area contributed by atoms with Crippen LogP contribution in [0.25, 0.3) is 10.9 Å². The van der Waals surface area contributed by atoms with E-state index in [4.69, 9.17) is 0 Å². The molecule has 0 atom stereocenters. The predicted molar refractivity (Wildman–Crippen MR) is 55.7 cm³/mol. The average molecular weight is 171 g/mol. The molecule has 0 aliphatic rings. The highest BCUT2D eigenvalue weighted by molar-refractivity contribution is 5.81. The molecule has 2 rings (SSSR count). The zero-order chi connectivity index (χ0) is 9.10. The number of para-hydroxylation sites is 1. The van der Waals surface area contributed by atoms with Gasteiger partial charge in [-0.3, -0.25) is 4.98 Å². The highest BCUT2D eigenvalue weighted by atomic mass is 14.6. The first-order chi connectivity index (χ1) is 6.42. The van der Waals surface area contributed by atoms with Crippen molar-refractivity contribution in [3.8, 4) is 0 Å². The van der Waals surface area contributed by atoms with E-state index in [0.29, 0.717) is 0 Å². The third kappa shape index (κ3) is 1.55. The van der Waals surface area contributed by atoms with Crippen LogP contribution in [0.15, 0.2) is 36.5 Å². The van der Waals surface area contributed by atoms with Gasteiger partial charge in [0.05, 0.1) is 5.52 Å². The van der Waals surface area contributed by atoms with Crippen molar-refractivity contribution in [3.05, 3.63) is 42.1 Å². The number of benzene rings is 1. The summed E-state index contributed by atoms with van der Waals surface area (Å²) in [4.78, 5) is 4.40. The van der Waals surface area contributed by atoms with Gasteiger partial charge in [0.2, 0.25) is 0 Å². The molecule has 0 aliphatic carbocycles. The van der Waals surface area contributed by atoms with Gasteiger partial charge in [0, 0.05) is 11.6 Å². The van der Waals surface area contributed by atoms with Crippen molar-refractivity contribution >= 4 is 10.9 Å². The van der Waals surface area contributed by atoms with Gasteiger partial charge in [0.1, 0.15) is 0 Å². The van der Waals surface area contributed by atoms with E-state index < -0.39 is 0 Å². The molecule has 0 fully saturated rings. The van der Waals surface area contributed by atoms with Gasteiger partial charge in [0.15, 0.2) is 0 Å². The lowest BCUT2D eigenvalue weighted by atomic mass is 10.1. The van der Waals surface area contributed by atoms with E-state index in [1.54, 1.807) is 0 Å². The Morgan fingerprint density at radius 1 is 1.15 bits per heavy atom. The van der Waals surface area contributed by atoms with E-state index in [1.165, 1.54) is 17.4 Å². The monoisotopic (exact) mass is 171 g/mol. The molecule has 0 saturated carbocycles. The van der Waals surface area contributed by atoms with Crippen molar-refractivity contribution in [1.29, 1.82) is 0 Å². The number of hydrogen-bond donors (Lipinski definition) is 0. The quantitative estimate of drug-likeness (QED) is 0.676. The molecule has 1 heterocycles. The van der Waals surface area contributed by atoms with Crippen LogP contribution in [0.4, 0.5) is 0 Å². The summed E-state index contributed by atoms with van der Waals surface area (Å²) in [6, 6.07) is 10.5. The number of aryl methyl sites for hydroxylation is 1. The Bertz CT molecular complexity index is 401. The van der Waals surface area contributed by atoms with E-state index in [1.807, 2.05) is 12.3 Å². The van der Waals surface area contributed by atoms with Crippen LogP contribution >= 0.6 is 0 Å². The number of nitrogens with zero attached hydrogens (tertiary/aromatic N) is 1. The molecule has 0 saturated heterocycles. The Morgan fingerprint density at radius 2 is 2.00 bits per heavy atom. The summed E-state index contributed by atoms with van der Waals surface area (Å²) in [6.07, 6.45) is 4.16. The normalized spacial score (nSPS) is 10.5. The molecule has 1 aromatic carbocycles. The first kappa shape index (κ1) is 8.24. The molecule has 0 spiro atoms. The number of aromatic nitrogens is 1. The van der Waals surface area contributed by atoms with Crippen molar-refractivity contribution in [1.82, 2.24) is 4.98 Å². The van der Waals surface area contributed by atoms with Crippen LogP contribution in [-0.4, -0.2) is 4.98 Å². The Kier molecular flexibility index (Phi) is 2.26. The van der Waals surface area contributed by atoms with Crippen LogP contribution in [-0.2, 0) is 6.42 Å². The second kappa shape index (κ2) is 3.56. The summed E-state index contributed by atoms with van der Waals surface area (Å²) in [5, 5.41) is 1.24. The summed E-state index contributed by atoms with van der Waals surface area (Å²) >= 11 is 0. The van der Waals surface area contributed by atoms with Gasteiger partial charge in [0.25, 0.3) is 0 Å². The van der Waals surface area contributed by atoms with Crippen LogP contribution in [0.2, 0.25) is 0 Å². The largest absolute Gasteiger partial charge is 0.256 e. The maximum absolute atomic E-state index is 4.40. The second-order valence-electron chi connectivity index (χ2n) is 3.24. The molecule has 0 bridgehead atoms. The second-order valence-corrected chi connectivity index (χ2v) is 3.24. The fraction of sp³-hybridized carbons (Fsp3) is 0.250. The number of fused-ring (bicyclic) bond motifs is 1. The van der Waals surface area contributed by atoms with Gasteiger partial charge < -0.3 is 0 Å². The van der Waals surface area contributed by atoms with E-state index in [9.17, 15) is 0 Å². The van der Waals surface area contributed by atoms with E-state index in [0.717, 1.165) is 11.9 Å². The van der Waals surface area contributed by atoms with Gasteiger partial charge in [-0.25, -0.2) is 0 Å². The fourth-order valence-corrected chi connectivity index (χ4v) is 1.64. The average Bonchev–Trinajstić information content (AvgIpc) is 2.19. The van der Waals surface area contributed by atoms with Crippen molar-refractivity contribution in [2.45, 2.75) is 19.8 Å². The molecule has 1 aromatic heterocycles. The van der Waals surface area contributed by atoms with Gasteiger partial charge in [-0.2, -0.15) is 0 Å². The molecule has 66 valence electrons.